The van der Waals surface area contributed by atoms with Crippen LogP contribution in [-0.4, -0.2) is 47.1 Å². The quantitative estimate of drug-likeness (QED) is 0.190. The van der Waals surface area contributed by atoms with Gasteiger partial charge in [-0.2, -0.15) is 0 Å². The van der Waals surface area contributed by atoms with Crippen LogP contribution in [0.1, 0.15) is 36.6 Å². The summed E-state index contributed by atoms with van der Waals surface area (Å²) < 4.78 is 16.5. The van der Waals surface area contributed by atoms with Gasteiger partial charge in [-0.25, -0.2) is 4.98 Å². The predicted molar refractivity (Wildman–Crippen MR) is 147 cm³/mol. The molecule has 0 bridgehead atoms. The van der Waals surface area contributed by atoms with Crippen molar-refractivity contribution in [2.45, 2.75) is 32.9 Å². The Balaban J connectivity index is 1.71. The number of benzene rings is 3. The Labute approximate surface area is 225 Å². The standard InChI is InChI=1S/C30H29N3O6/c1-16(2)39-19-9-7-18(8-10-19)26-25(27(34)21-12-11-20(37-4)15-24(21)38-5)28(35)29(36)33(26)30-31-22-13-6-17(3)14-23(22)32-30/h6-16,26,34H,1-5H3,(H,31,32)/b27-25+. The van der Waals surface area contributed by atoms with Crippen molar-refractivity contribution in [3.8, 4) is 17.2 Å². The lowest BCUT2D eigenvalue weighted by molar-refractivity contribution is -0.132. The maximum absolute atomic E-state index is 13.6. The number of nitrogens with zero attached hydrogens (tertiary/aromatic N) is 2. The first-order chi connectivity index (χ1) is 18.7. The number of Topliss-reactive ketones (excluding diaryl/α,β-unsaturated/α-hetero) is 1. The number of methoxy groups -OCH3 is 2. The maximum Gasteiger partial charge on any atom is 0.302 e. The molecule has 0 radical (unpaired) electrons. The van der Waals surface area contributed by atoms with Crippen LogP contribution in [0.4, 0.5) is 5.95 Å². The molecule has 5 rings (SSSR count). The molecule has 200 valence electrons. The zero-order chi connectivity index (χ0) is 27.8. The second kappa shape index (κ2) is 10.2. The molecule has 4 aromatic rings. The smallest absolute Gasteiger partial charge is 0.302 e. The summed E-state index contributed by atoms with van der Waals surface area (Å²) in [6.07, 6.45) is -0.0250. The summed E-state index contributed by atoms with van der Waals surface area (Å²) in [5.74, 6) is -0.375. The van der Waals surface area contributed by atoms with Gasteiger partial charge >= 0.3 is 5.91 Å². The number of aromatic nitrogens is 2. The first-order valence-corrected chi connectivity index (χ1v) is 12.5. The summed E-state index contributed by atoms with van der Waals surface area (Å²) in [6.45, 7) is 5.80. The number of carbonyl (C=O) groups excluding carboxylic acids is 2. The van der Waals surface area contributed by atoms with E-state index in [0.29, 0.717) is 22.6 Å². The van der Waals surface area contributed by atoms with Crippen LogP contribution in [0.25, 0.3) is 16.8 Å². The van der Waals surface area contributed by atoms with Crippen LogP contribution in [0.15, 0.2) is 66.2 Å². The number of anilines is 1. The minimum atomic E-state index is -0.966. The van der Waals surface area contributed by atoms with Crippen LogP contribution >= 0.6 is 0 Å². The molecule has 9 nitrogen and oxygen atoms in total. The molecular weight excluding hydrogens is 498 g/mol. The number of rotatable bonds is 7. The van der Waals surface area contributed by atoms with Gasteiger partial charge in [0.15, 0.2) is 0 Å². The van der Waals surface area contributed by atoms with Crippen LogP contribution in [0.5, 0.6) is 17.2 Å². The number of aromatic amines is 1. The second-order valence-corrected chi connectivity index (χ2v) is 9.55. The molecule has 0 aliphatic carbocycles. The molecule has 1 amide bonds. The molecule has 3 aromatic carbocycles. The Kier molecular flexibility index (Phi) is 6.74. The van der Waals surface area contributed by atoms with Gasteiger partial charge in [-0.05, 0) is 68.3 Å². The predicted octanol–water partition coefficient (Wildman–Crippen LogP) is 5.30. The molecule has 2 N–H and O–H groups in total. The van der Waals surface area contributed by atoms with E-state index in [4.69, 9.17) is 14.2 Å². The molecule has 1 saturated heterocycles. The van der Waals surface area contributed by atoms with Crippen molar-refractivity contribution < 1.29 is 28.9 Å². The highest BCUT2D eigenvalue weighted by atomic mass is 16.5. The Morgan fingerprint density at radius 2 is 1.69 bits per heavy atom. The number of hydrogen-bond donors (Lipinski definition) is 2. The average Bonchev–Trinajstić information content (AvgIpc) is 3.45. The van der Waals surface area contributed by atoms with Crippen LogP contribution in [-0.2, 0) is 9.59 Å². The Hall–Kier alpha value is -4.79. The highest BCUT2D eigenvalue weighted by Gasteiger charge is 2.48. The molecule has 1 unspecified atom stereocenters. The maximum atomic E-state index is 13.6. The van der Waals surface area contributed by atoms with E-state index in [-0.39, 0.29) is 34.7 Å². The van der Waals surface area contributed by atoms with Crippen LogP contribution in [0, 0.1) is 6.92 Å². The zero-order valence-electron chi connectivity index (χ0n) is 22.3. The number of H-pyrrole nitrogens is 1. The third-order valence-electron chi connectivity index (χ3n) is 6.53. The molecule has 1 atom stereocenters. The van der Waals surface area contributed by atoms with Gasteiger partial charge in [0.25, 0.3) is 5.78 Å². The van der Waals surface area contributed by atoms with Crippen molar-refractivity contribution >= 4 is 34.4 Å². The number of carbonyl (C=O) groups is 2. The van der Waals surface area contributed by atoms with Crippen LogP contribution in [0.2, 0.25) is 0 Å². The lowest BCUT2D eigenvalue weighted by Crippen LogP contribution is -2.30. The number of ether oxygens (including phenoxy) is 3. The lowest BCUT2D eigenvalue weighted by atomic mass is 9.95. The molecule has 9 heteroatoms. The van der Waals surface area contributed by atoms with E-state index < -0.39 is 17.7 Å². The fourth-order valence-corrected chi connectivity index (χ4v) is 4.73. The summed E-state index contributed by atoms with van der Waals surface area (Å²) in [5.41, 5.74) is 3.15. The number of aliphatic hydroxyl groups is 1. The molecule has 39 heavy (non-hydrogen) atoms. The number of imidazole rings is 1. The first-order valence-electron chi connectivity index (χ1n) is 12.5. The minimum absolute atomic E-state index is 0.0250. The second-order valence-electron chi connectivity index (χ2n) is 9.55. The topological polar surface area (TPSA) is 114 Å². The minimum Gasteiger partial charge on any atom is -0.507 e. The van der Waals surface area contributed by atoms with Gasteiger partial charge in [0, 0.05) is 6.07 Å². The van der Waals surface area contributed by atoms with Gasteiger partial charge in [0.2, 0.25) is 5.95 Å². The average molecular weight is 528 g/mol. The van der Waals surface area contributed by atoms with Crippen molar-refractivity contribution in [2.75, 3.05) is 19.1 Å². The Morgan fingerprint density at radius 3 is 2.36 bits per heavy atom. The van der Waals surface area contributed by atoms with E-state index in [1.807, 2.05) is 39.0 Å². The first kappa shape index (κ1) is 25.8. The van der Waals surface area contributed by atoms with Gasteiger partial charge in [0.05, 0.1) is 48.5 Å². The highest BCUT2D eigenvalue weighted by molar-refractivity contribution is 6.51. The number of ketones is 1. The molecular formula is C30H29N3O6. The van der Waals surface area contributed by atoms with Crippen molar-refractivity contribution in [1.82, 2.24) is 9.97 Å². The summed E-state index contributed by atoms with van der Waals surface area (Å²) in [7, 11) is 2.97. The zero-order valence-corrected chi connectivity index (χ0v) is 22.3. The lowest BCUT2D eigenvalue weighted by Gasteiger charge is -2.23. The normalized spacial score (nSPS) is 16.8. The van der Waals surface area contributed by atoms with Gasteiger partial charge in [0.1, 0.15) is 23.0 Å². The summed E-state index contributed by atoms with van der Waals surface area (Å²) >= 11 is 0. The number of amides is 1. The van der Waals surface area contributed by atoms with Crippen molar-refractivity contribution in [3.05, 3.63) is 82.9 Å². The Morgan fingerprint density at radius 1 is 0.974 bits per heavy atom. The molecule has 0 spiro atoms. The molecule has 1 aromatic heterocycles. The van der Waals surface area contributed by atoms with E-state index in [0.717, 1.165) is 11.1 Å². The van der Waals surface area contributed by atoms with Gasteiger partial charge in [-0.15, -0.1) is 0 Å². The van der Waals surface area contributed by atoms with E-state index in [1.165, 1.54) is 19.1 Å². The van der Waals surface area contributed by atoms with E-state index >= 15 is 0 Å². The summed E-state index contributed by atoms with van der Waals surface area (Å²) in [6, 6.07) is 16.6. The van der Waals surface area contributed by atoms with E-state index in [9.17, 15) is 14.7 Å². The fraction of sp³-hybridized carbons (Fsp3) is 0.233. The Bertz CT molecular complexity index is 1600. The third-order valence-corrected chi connectivity index (χ3v) is 6.53. The number of hydrogen-bond acceptors (Lipinski definition) is 7. The molecule has 1 fully saturated rings. The van der Waals surface area contributed by atoms with Gasteiger partial charge in [-0.3, -0.25) is 14.5 Å². The largest absolute Gasteiger partial charge is 0.507 e. The molecule has 2 heterocycles. The third kappa shape index (κ3) is 4.67. The SMILES string of the molecule is COc1ccc(/C(O)=C2\C(=O)C(=O)N(c3nc4ccc(C)cc4[nH]3)C2c2ccc(OC(C)C)cc2)c(OC)c1. The molecule has 0 saturated carbocycles. The van der Waals surface area contributed by atoms with Crippen molar-refractivity contribution in [3.63, 3.8) is 0 Å². The number of fused-ring (bicyclic) bond motifs is 1. The monoisotopic (exact) mass is 527 g/mol. The number of nitrogens with one attached hydrogen (secondary N) is 1. The van der Waals surface area contributed by atoms with E-state index in [1.54, 1.807) is 42.5 Å². The molecule has 1 aliphatic heterocycles. The summed E-state index contributed by atoms with van der Waals surface area (Å²) in [5, 5.41) is 11.5. The van der Waals surface area contributed by atoms with Crippen LogP contribution in [0.3, 0.4) is 0 Å². The van der Waals surface area contributed by atoms with Crippen molar-refractivity contribution in [1.29, 1.82) is 0 Å². The van der Waals surface area contributed by atoms with Crippen LogP contribution < -0.4 is 19.1 Å². The van der Waals surface area contributed by atoms with Crippen molar-refractivity contribution in [2.24, 2.45) is 0 Å². The summed E-state index contributed by atoms with van der Waals surface area (Å²) in [4.78, 5) is 36.2. The fourth-order valence-electron chi connectivity index (χ4n) is 4.73. The van der Waals surface area contributed by atoms with Gasteiger partial charge < -0.3 is 24.3 Å². The van der Waals surface area contributed by atoms with E-state index in [2.05, 4.69) is 9.97 Å². The molecule has 1 aliphatic rings. The van der Waals surface area contributed by atoms with Gasteiger partial charge in [-0.1, -0.05) is 18.2 Å². The number of aryl methyl sites for hydroxylation is 1. The number of aliphatic hydroxyl groups excluding tert-OH is 1. The highest BCUT2D eigenvalue weighted by Crippen LogP contribution is 2.43.